The number of hydrogen-bond donors (Lipinski definition) is 2. The maximum atomic E-state index is 11.8. The summed E-state index contributed by atoms with van der Waals surface area (Å²) in [4.78, 5) is 11.8. The fourth-order valence-corrected chi connectivity index (χ4v) is 2.23. The van der Waals surface area contributed by atoms with Crippen molar-refractivity contribution in [3.63, 3.8) is 0 Å². The van der Waals surface area contributed by atoms with E-state index in [4.69, 9.17) is 28.9 Å². The van der Waals surface area contributed by atoms with Crippen molar-refractivity contribution in [2.24, 2.45) is 0 Å². The molecule has 106 valence electrons. The van der Waals surface area contributed by atoms with Gasteiger partial charge in [-0.15, -0.1) is 0 Å². The number of benzene rings is 1. The first-order valence-corrected chi connectivity index (χ1v) is 6.80. The predicted octanol–water partition coefficient (Wildman–Crippen LogP) is 3.33. The number of aromatic nitrogens is 2. The van der Waals surface area contributed by atoms with Gasteiger partial charge in [0, 0.05) is 12.1 Å². The van der Waals surface area contributed by atoms with E-state index in [-0.39, 0.29) is 11.8 Å². The minimum absolute atomic E-state index is 0.270. The lowest BCUT2D eigenvalue weighted by Gasteiger charge is -2.05. The smallest absolute Gasteiger partial charge is 0.343 e. The molecule has 0 radical (unpaired) electrons. The monoisotopic (exact) mass is 312 g/mol. The number of aryl methyl sites for hydroxylation is 1. The Balaban J connectivity index is 2.52. The summed E-state index contributed by atoms with van der Waals surface area (Å²) in [5, 5.41) is 7.70. The van der Waals surface area contributed by atoms with Crippen LogP contribution in [0.15, 0.2) is 18.2 Å². The summed E-state index contributed by atoms with van der Waals surface area (Å²) in [5.74, 6) is 0.270. The molecule has 0 spiro atoms. The van der Waals surface area contributed by atoms with Crippen LogP contribution in [0, 0.1) is 6.92 Å². The number of anilines is 1. The summed E-state index contributed by atoms with van der Waals surface area (Å²) in [7, 11) is 0. The molecule has 20 heavy (non-hydrogen) atoms. The number of amides is 1. The molecule has 1 aromatic carbocycles. The Hall–Kier alpha value is -1.72. The van der Waals surface area contributed by atoms with E-state index in [9.17, 15) is 4.79 Å². The van der Waals surface area contributed by atoms with Crippen LogP contribution in [0.3, 0.4) is 0 Å². The van der Waals surface area contributed by atoms with Gasteiger partial charge in [-0.3, -0.25) is 0 Å². The Bertz CT molecular complexity index is 667. The van der Waals surface area contributed by atoms with Gasteiger partial charge < -0.3 is 11.1 Å². The summed E-state index contributed by atoms with van der Waals surface area (Å²) >= 11 is 11.9. The van der Waals surface area contributed by atoms with E-state index in [0.717, 1.165) is 10.2 Å². The minimum Gasteiger partial charge on any atom is -0.383 e. The molecule has 0 aliphatic heterocycles. The molecule has 5 nitrogen and oxygen atoms in total. The molecule has 1 amide bonds. The lowest BCUT2D eigenvalue weighted by molar-refractivity contribution is 0.240. The van der Waals surface area contributed by atoms with Crippen LogP contribution >= 0.6 is 23.2 Å². The van der Waals surface area contributed by atoms with Crippen molar-refractivity contribution in [1.82, 2.24) is 15.1 Å². The van der Waals surface area contributed by atoms with Crippen molar-refractivity contribution in [1.29, 1.82) is 0 Å². The zero-order valence-corrected chi connectivity index (χ0v) is 12.6. The van der Waals surface area contributed by atoms with Crippen LogP contribution in [0.4, 0.5) is 10.6 Å². The molecule has 0 aliphatic rings. The first kappa shape index (κ1) is 14.7. The first-order valence-electron chi connectivity index (χ1n) is 6.04. The molecule has 7 heteroatoms. The molecule has 2 aromatic rings. The molecule has 0 unspecified atom stereocenters. The number of halogens is 2. The Morgan fingerprint density at radius 3 is 2.70 bits per heavy atom. The van der Waals surface area contributed by atoms with Gasteiger partial charge in [0.15, 0.2) is 0 Å². The SMILES string of the molecule is CCNC(=O)n1nc(C)c(-c2ccc(Cl)c(Cl)c2)c1N. The van der Waals surface area contributed by atoms with Gasteiger partial charge in [0.1, 0.15) is 5.82 Å². The summed E-state index contributed by atoms with van der Waals surface area (Å²) in [6.07, 6.45) is 0. The first-order chi connectivity index (χ1) is 9.45. The second kappa shape index (κ2) is 5.73. The van der Waals surface area contributed by atoms with E-state index in [0.29, 0.717) is 27.8 Å². The average molecular weight is 313 g/mol. The van der Waals surface area contributed by atoms with Gasteiger partial charge in [-0.1, -0.05) is 29.3 Å². The van der Waals surface area contributed by atoms with Crippen LogP contribution in [-0.2, 0) is 0 Å². The molecule has 2 rings (SSSR count). The van der Waals surface area contributed by atoms with Crippen LogP contribution in [0.25, 0.3) is 11.1 Å². The summed E-state index contributed by atoms with van der Waals surface area (Å²) in [6.45, 7) is 4.10. The molecule has 0 aliphatic carbocycles. The molecule has 3 N–H and O–H groups in total. The highest BCUT2D eigenvalue weighted by Gasteiger charge is 2.18. The van der Waals surface area contributed by atoms with Gasteiger partial charge in [0.05, 0.1) is 15.7 Å². The number of nitrogens with two attached hydrogens (primary N) is 1. The molecule has 1 heterocycles. The van der Waals surface area contributed by atoms with Gasteiger partial charge in [0.25, 0.3) is 0 Å². The largest absolute Gasteiger partial charge is 0.383 e. The van der Waals surface area contributed by atoms with Crippen LogP contribution in [0.1, 0.15) is 12.6 Å². The third-order valence-electron chi connectivity index (χ3n) is 2.82. The highest BCUT2D eigenvalue weighted by molar-refractivity contribution is 6.42. The van der Waals surface area contributed by atoms with E-state index in [1.54, 1.807) is 25.1 Å². The van der Waals surface area contributed by atoms with Crippen LogP contribution in [0.5, 0.6) is 0 Å². The van der Waals surface area contributed by atoms with Crippen molar-refractivity contribution >= 4 is 35.1 Å². The van der Waals surface area contributed by atoms with Gasteiger partial charge in [-0.05, 0) is 31.5 Å². The van der Waals surface area contributed by atoms with Crippen LogP contribution < -0.4 is 11.1 Å². The Kier molecular flexibility index (Phi) is 4.20. The number of nitrogens with one attached hydrogen (secondary N) is 1. The molecule has 1 aromatic heterocycles. The highest BCUT2D eigenvalue weighted by Crippen LogP contribution is 2.33. The summed E-state index contributed by atoms with van der Waals surface area (Å²) in [5.41, 5.74) is 8.11. The van der Waals surface area contributed by atoms with Crippen molar-refractivity contribution in [3.05, 3.63) is 33.9 Å². The van der Waals surface area contributed by atoms with E-state index in [2.05, 4.69) is 10.4 Å². The second-order valence-electron chi connectivity index (χ2n) is 4.22. The third kappa shape index (κ3) is 2.59. The van der Waals surface area contributed by atoms with Gasteiger partial charge in [-0.25, -0.2) is 4.79 Å². The van der Waals surface area contributed by atoms with Crippen LogP contribution in [0.2, 0.25) is 10.0 Å². The molecule has 0 atom stereocenters. The Morgan fingerprint density at radius 2 is 2.10 bits per heavy atom. The average Bonchev–Trinajstić information content (AvgIpc) is 2.69. The van der Waals surface area contributed by atoms with Crippen molar-refractivity contribution < 1.29 is 4.79 Å². The van der Waals surface area contributed by atoms with E-state index in [1.165, 1.54) is 0 Å². The van der Waals surface area contributed by atoms with Gasteiger partial charge in [0.2, 0.25) is 0 Å². The topological polar surface area (TPSA) is 72.9 Å². The zero-order chi connectivity index (χ0) is 14.9. The van der Waals surface area contributed by atoms with E-state index >= 15 is 0 Å². The zero-order valence-electron chi connectivity index (χ0n) is 11.1. The molecule has 0 saturated heterocycles. The number of nitrogen functional groups attached to an aromatic ring is 1. The van der Waals surface area contributed by atoms with Gasteiger partial charge >= 0.3 is 6.03 Å². The van der Waals surface area contributed by atoms with E-state index < -0.39 is 0 Å². The molecular weight excluding hydrogens is 299 g/mol. The number of nitrogens with zero attached hydrogens (tertiary/aromatic N) is 2. The number of rotatable bonds is 2. The van der Waals surface area contributed by atoms with Crippen molar-refractivity contribution in [2.45, 2.75) is 13.8 Å². The van der Waals surface area contributed by atoms with E-state index in [1.807, 2.05) is 6.92 Å². The number of hydrogen-bond acceptors (Lipinski definition) is 3. The molecule has 0 bridgehead atoms. The predicted molar refractivity (Wildman–Crippen MR) is 81.3 cm³/mol. The fraction of sp³-hybridized carbons (Fsp3) is 0.231. The minimum atomic E-state index is -0.362. The fourth-order valence-electron chi connectivity index (χ4n) is 1.93. The second-order valence-corrected chi connectivity index (χ2v) is 5.04. The molecule has 0 fully saturated rings. The maximum Gasteiger partial charge on any atom is 0.343 e. The lowest BCUT2D eigenvalue weighted by Crippen LogP contribution is -2.30. The van der Waals surface area contributed by atoms with Crippen LogP contribution in [-0.4, -0.2) is 22.4 Å². The van der Waals surface area contributed by atoms with Crippen molar-refractivity contribution in [3.8, 4) is 11.1 Å². The summed E-state index contributed by atoms with van der Waals surface area (Å²) < 4.78 is 1.15. The summed E-state index contributed by atoms with van der Waals surface area (Å²) in [6, 6.07) is 4.81. The van der Waals surface area contributed by atoms with Crippen molar-refractivity contribution in [2.75, 3.05) is 12.3 Å². The Morgan fingerprint density at radius 1 is 1.40 bits per heavy atom. The lowest BCUT2D eigenvalue weighted by atomic mass is 10.1. The highest BCUT2D eigenvalue weighted by atomic mass is 35.5. The van der Waals surface area contributed by atoms with Gasteiger partial charge in [-0.2, -0.15) is 9.78 Å². The Labute approximate surface area is 126 Å². The maximum absolute atomic E-state index is 11.8. The quantitative estimate of drug-likeness (QED) is 0.893. The number of carbonyl (C=O) groups excluding carboxylic acids is 1. The molecular formula is C13H14Cl2N4O. The third-order valence-corrected chi connectivity index (χ3v) is 3.56. The standard InChI is InChI=1S/C13H14Cl2N4O/c1-3-17-13(20)19-12(16)11(7(2)18-19)8-4-5-9(14)10(15)6-8/h4-6H,3,16H2,1-2H3,(H,17,20). The molecule has 0 saturated carbocycles. The number of carbonyl (C=O) groups is 1. The normalized spacial score (nSPS) is 10.6.